The quantitative estimate of drug-likeness (QED) is 0.554. The number of aryl methyl sites for hydroxylation is 1. The van der Waals surface area contributed by atoms with Crippen LogP contribution < -0.4 is 10.2 Å². The second-order valence-electron chi connectivity index (χ2n) is 8.28. The van der Waals surface area contributed by atoms with Crippen LogP contribution in [0.1, 0.15) is 40.9 Å². The molecule has 3 aromatic carbocycles. The molecule has 0 unspecified atom stereocenters. The van der Waals surface area contributed by atoms with Crippen LogP contribution in [0.5, 0.6) is 0 Å². The molecule has 0 heterocycles. The first-order valence-corrected chi connectivity index (χ1v) is 10.7. The molecule has 4 nitrogen and oxygen atoms in total. The maximum atomic E-state index is 13.3. The first-order valence-electron chi connectivity index (χ1n) is 10.7. The van der Waals surface area contributed by atoms with Gasteiger partial charge in [-0.15, -0.1) is 0 Å². The van der Waals surface area contributed by atoms with Crippen LogP contribution in [0.2, 0.25) is 0 Å². The van der Waals surface area contributed by atoms with E-state index in [-0.39, 0.29) is 11.8 Å². The summed E-state index contributed by atoms with van der Waals surface area (Å²) in [6.07, 6.45) is 0.331. The van der Waals surface area contributed by atoms with Gasteiger partial charge in [0.2, 0.25) is 5.91 Å². The molecular weight excluding hydrogens is 384 g/mol. The minimum atomic E-state index is -0.0522. The lowest BCUT2D eigenvalue weighted by atomic mass is 10.1. The largest absolute Gasteiger partial charge is 0.356 e. The van der Waals surface area contributed by atoms with Crippen molar-refractivity contribution in [2.75, 3.05) is 11.4 Å². The standard InChI is InChI=1S/C27H30N2O2/c1-20(2)18-28-26(30)17-22-13-15-25(16-14-22)29(19-23-11-9-21(3)10-12-23)27(31)24-7-5-4-6-8-24/h4-16,20H,17-19H2,1-3H3,(H,28,30). The number of hydrogen-bond acceptors (Lipinski definition) is 2. The van der Waals surface area contributed by atoms with E-state index < -0.39 is 0 Å². The molecule has 0 aliphatic heterocycles. The molecule has 3 aromatic rings. The van der Waals surface area contributed by atoms with E-state index in [1.54, 1.807) is 4.90 Å². The summed E-state index contributed by atoms with van der Waals surface area (Å²) < 4.78 is 0. The summed E-state index contributed by atoms with van der Waals surface area (Å²) in [5.74, 6) is 0.382. The maximum Gasteiger partial charge on any atom is 0.258 e. The zero-order chi connectivity index (χ0) is 22.2. The third kappa shape index (κ3) is 6.54. The van der Waals surface area contributed by atoms with Crippen molar-refractivity contribution in [3.8, 4) is 0 Å². The van der Waals surface area contributed by atoms with Crippen molar-refractivity contribution in [2.45, 2.75) is 33.7 Å². The molecule has 31 heavy (non-hydrogen) atoms. The molecule has 0 spiro atoms. The van der Waals surface area contributed by atoms with Crippen molar-refractivity contribution in [3.05, 3.63) is 101 Å². The van der Waals surface area contributed by atoms with Crippen LogP contribution in [0.3, 0.4) is 0 Å². The second-order valence-corrected chi connectivity index (χ2v) is 8.28. The molecule has 0 aromatic heterocycles. The number of nitrogens with one attached hydrogen (secondary N) is 1. The first-order chi connectivity index (χ1) is 14.9. The third-order valence-electron chi connectivity index (χ3n) is 5.05. The number of benzene rings is 3. The molecule has 0 aliphatic carbocycles. The smallest absolute Gasteiger partial charge is 0.258 e. The molecule has 4 heteroatoms. The Morgan fingerprint density at radius 2 is 1.45 bits per heavy atom. The van der Waals surface area contributed by atoms with Crippen molar-refractivity contribution in [3.63, 3.8) is 0 Å². The van der Waals surface area contributed by atoms with Crippen LogP contribution in [0.4, 0.5) is 5.69 Å². The van der Waals surface area contributed by atoms with Gasteiger partial charge >= 0.3 is 0 Å². The number of rotatable bonds is 8. The zero-order valence-corrected chi connectivity index (χ0v) is 18.5. The highest BCUT2D eigenvalue weighted by Gasteiger charge is 2.18. The lowest BCUT2D eigenvalue weighted by Crippen LogP contribution is -2.30. The fraction of sp³-hybridized carbons (Fsp3) is 0.259. The van der Waals surface area contributed by atoms with Gasteiger partial charge in [-0.1, -0.05) is 74.0 Å². The Hall–Kier alpha value is -3.40. The van der Waals surface area contributed by atoms with E-state index in [0.29, 0.717) is 31.0 Å². The molecule has 0 radical (unpaired) electrons. The van der Waals surface area contributed by atoms with Crippen LogP contribution in [-0.4, -0.2) is 18.4 Å². The Balaban J connectivity index is 1.80. The highest BCUT2D eigenvalue weighted by molar-refractivity contribution is 6.06. The van der Waals surface area contributed by atoms with Gasteiger partial charge in [0.1, 0.15) is 0 Å². The Kier molecular flexibility index (Phi) is 7.60. The average Bonchev–Trinajstić information content (AvgIpc) is 2.78. The molecule has 2 amide bonds. The van der Waals surface area contributed by atoms with E-state index in [1.807, 2.05) is 73.7 Å². The second kappa shape index (κ2) is 10.6. The molecule has 3 rings (SSSR count). The third-order valence-corrected chi connectivity index (χ3v) is 5.05. The van der Waals surface area contributed by atoms with Crippen molar-refractivity contribution in [1.82, 2.24) is 5.32 Å². The summed E-state index contributed by atoms with van der Waals surface area (Å²) >= 11 is 0. The summed E-state index contributed by atoms with van der Waals surface area (Å²) in [5, 5.41) is 2.94. The average molecular weight is 415 g/mol. The Morgan fingerprint density at radius 1 is 0.839 bits per heavy atom. The van der Waals surface area contributed by atoms with Gasteiger partial charge in [-0.25, -0.2) is 0 Å². The molecule has 160 valence electrons. The summed E-state index contributed by atoms with van der Waals surface area (Å²) in [5.41, 5.74) is 4.62. The lowest BCUT2D eigenvalue weighted by molar-refractivity contribution is -0.120. The molecule has 0 saturated heterocycles. The molecule has 0 atom stereocenters. The Bertz CT molecular complexity index is 994. The predicted molar refractivity (Wildman–Crippen MR) is 126 cm³/mol. The van der Waals surface area contributed by atoms with E-state index in [9.17, 15) is 9.59 Å². The fourth-order valence-electron chi connectivity index (χ4n) is 3.25. The molecule has 1 N–H and O–H groups in total. The van der Waals surface area contributed by atoms with Gasteiger partial charge in [0, 0.05) is 17.8 Å². The van der Waals surface area contributed by atoms with Crippen molar-refractivity contribution in [1.29, 1.82) is 0 Å². The molecule has 0 fully saturated rings. The minimum Gasteiger partial charge on any atom is -0.356 e. The van der Waals surface area contributed by atoms with Gasteiger partial charge in [0.15, 0.2) is 0 Å². The number of carbonyl (C=O) groups is 2. The van der Waals surface area contributed by atoms with E-state index in [4.69, 9.17) is 0 Å². The molecule has 0 aliphatic rings. The highest BCUT2D eigenvalue weighted by atomic mass is 16.2. The lowest BCUT2D eigenvalue weighted by Gasteiger charge is -2.23. The van der Waals surface area contributed by atoms with Crippen LogP contribution in [0, 0.1) is 12.8 Å². The van der Waals surface area contributed by atoms with E-state index in [1.165, 1.54) is 5.56 Å². The number of nitrogens with zero attached hydrogens (tertiary/aromatic N) is 1. The van der Waals surface area contributed by atoms with Gasteiger partial charge < -0.3 is 10.2 Å². The fourth-order valence-corrected chi connectivity index (χ4v) is 3.25. The van der Waals surface area contributed by atoms with Crippen molar-refractivity contribution in [2.24, 2.45) is 5.92 Å². The summed E-state index contributed by atoms with van der Waals surface area (Å²) in [4.78, 5) is 27.2. The number of hydrogen-bond donors (Lipinski definition) is 1. The SMILES string of the molecule is Cc1ccc(CN(C(=O)c2ccccc2)c2ccc(CC(=O)NCC(C)C)cc2)cc1. The van der Waals surface area contributed by atoms with Gasteiger partial charge in [0.25, 0.3) is 5.91 Å². The zero-order valence-electron chi connectivity index (χ0n) is 18.5. The molecule has 0 bridgehead atoms. The minimum absolute atomic E-state index is 0.0123. The summed E-state index contributed by atoms with van der Waals surface area (Å²) in [6, 6.07) is 25.2. The molecule has 0 saturated carbocycles. The van der Waals surface area contributed by atoms with Gasteiger partial charge in [-0.05, 0) is 48.2 Å². The number of amides is 2. The van der Waals surface area contributed by atoms with Gasteiger partial charge in [-0.3, -0.25) is 9.59 Å². The van der Waals surface area contributed by atoms with Crippen LogP contribution in [-0.2, 0) is 17.8 Å². The van der Waals surface area contributed by atoms with Gasteiger partial charge in [0.05, 0.1) is 13.0 Å². The van der Waals surface area contributed by atoms with Crippen LogP contribution in [0.25, 0.3) is 0 Å². The monoisotopic (exact) mass is 414 g/mol. The van der Waals surface area contributed by atoms with Gasteiger partial charge in [-0.2, -0.15) is 0 Å². The maximum absolute atomic E-state index is 13.3. The van der Waals surface area contributed by atoms with Crippen molar-refractivity contribution < 1.29 is 9.59 Å². The Morgan fingerprint density at radius 3 is 2.06 bits per heavy atom. The Labute approximate surface area is 184 Å². The van der Waals surface area contributed by atoms with Crippen LogP contribution in [0.15, 0.2) is 78.9 Å². The first kappa shape index (κ1) is 22.3. The molecular formula is C27H30N2O2. The predicted octanol–water partition coefficient (Wildman–Crippen LogP) is 5.16. The van der Waals surface area contributed by atoms with E-state index in [0.717, 1.165) is 16.8 Å². The normalized spacial score (nSPS) is 10.7. The summed E-state index contributed by atoms with van der Waals surface area (Å²) in [6.45, 7) is 7.34. The number of carbonyl (C=O) groups excluding carboxylic acids is 2. The summed E-state index contributed by atoms with van der Waals surface area (Å²) in [7, 11) is 0. The highest BCUT2D eigenvalue weighted by Crippen LogP contribution is 2.22. The van der Waals surface area contributed by atoms with Crippen molar-refractivity contribution >= 4 is 17.5 Å². The number of anilines is 1. The topological polar surface area (TPSA) is 49.4 Å². The van der Waals surface area contributed by atoms with E-state index >= 15 is 0 Å². The van der Waals surface area contributed by atoms with E-state index in [2.05, 4.69) is 31.3 Å². The van der Waals surface area contributed by atoms with Crippen LogP contribution >= 0.6 is 0 Å².